The predicted molar refractivity (Wildman–Crippen MR) is 78.7 cm³/mol. The second-order valence-electron chi connectivity index (χ2n) is 6.64. The lowest BCUT2D eigenvalue weighted by molar-refractivity contribution is -0.149. The van der Waals surface area contributed by atoms with Crippen LogP contribution in [-0.4, -0.2) is 44.3 Å². The average molecular weight is 302 g/mol. The molecule has 0 aliphatic carbocycles. The molecule has 1 aliphatic heterocycles. The van der Waals surface area contributed by atoms with Crippen LogP contribution in [0.1, 0.15) is 27.7 Å². The van der Waals surface area contributed by atoms with Gasteiger partial charge in [0, 0.05) is 6.92 Å². The molecule has 20 heavy (non-hydrogen) atoms. The maximum absolute atomic E-state index is 10.8. The molecule has 0 fully saturated rings. The molecule has 1 N–H and O–H groups in total. The average Bonchev–Trinajstić information content (AvgIpc) is 2.28. The summed E-state index contributed by atoms with van der Waals surface area (Å²) in [5.74, 6) is -0.391. The second kappa shape index (κ2) is 6.28. The van der Waals surface area contributed by atoms with Gasteiger partial charge in [-0.1, -0.05) is 20.8 Å². The van der Waals surface area contributed by atoms with Crippen molar-refractivity contribution in [1.82, 2.24) is 0 Å². The van der Waals surface area contributed by atoms with Crippen molar-refractivity contribution in [2.24, 2.45) is 0 Å². The fourth-order valence-corrected chi connectivity index (χ4v) is 2.84. The summed E-state index contributed by atoms with van der Waals surface area (Å²) >= 11 is 0. The highest BCUT2D eigenvalue weighted by molar-refractivity contribution is 6.74. The molecule has 0 radical (unpaired) electrons. The minimum atomic E-state index is -1.98. The minimum Gasteiger partial charge on any atom is -0.492 e. The summed E-state index contributed by atoms with van der Waals surface area (Å²) in [5, 5.41) is 10.4. The van der Waals surface area contributed by atoms with E-state index in [2.05, 4.69) is 33.9 Å². The number of aliphatic hydroxyl groups excluding tert-OH is 1. The smallest absolute Gasteiger partial charge is 0.302 e. The van der Waals surface area contributed by atoms with Crippen molar-refractivity contribution in [3.05, 3.63) is 12.3 Å². The van der Waals surface area contributed by atoms with E-state index in [9.17, 15) is 9.90 Å². The number of carbonyl (C=O) groups excluding carboxylic acids is 1. The van der Waals surface area contributed by atoms with Crippen LogP contribution in [0.4, 0.5) is 0 Å². The number of hydrogen-bond acceptors (Lipinski definition) is 5. The molecule has 1 aliphatic rings. The van der Waals surface area contributed by atoms with Gasteiger partial charge in [-0.05, 0) is 24.2 Å². The summed E-state index contributed by atoms with van der Waals surface area (Å²) < 4.78 is 16.4. The van der Waals surface area contributed by atoms with Crippen molar-refractivity contribution in [3.63, 3.8) is 0 Å². The molecule has 5 nitrogen and oxygen atoms in total. The number of aliphatic hydroxyl groups is 1. The molecule has 116 valence electrons. The molecule has 0 saturated carbocycles. The lowest BCUT2D eigenvalue weighted by atomic mass is 10.1. The highest BCUT2D eigenvalue weighted by Gasteiger charge is 2.42. The van der Waals surface area contributed by atoms with Crippen LogP contribution in [0.25, 0.3) is 0 Å². The largest absolute Gasteiger partial charge is 0.492 e. The summed E-state index contributed by atoms with van der Waals surface area (Å²) in [4.78, 5) is 10.8. The zero-order chi connectivity index (χ0) is 15.6. The summed E-state index contributed by atoms with van der Waals surface area (Å²) in [7, 11) is -1.98. The van der Waals surface area contributed by atoms with E-state index in [0.29, 0.717) is 0 Å². The van der Waals surface area contributed by atoms with Crippen molar-refractivity contribution in [2.45, 2.75) is 64.1 Å². The van der Waals surface area contributed by atoms with Crippen molar-refractivity contribution in [3.8, 4) is 0 Å². The van der Waals surface area contributed by atoms with E-state index in [1.54, 1.807) is 6.08 Å². The zero-order valence-electron chi connectivity index (χ0n) is 13.2. The first-order valence-corrected chi connectivity index (χ1v) is 9.77. The lowest BCUT2D eigenvalue weighted by Gasteiger charge is -2.41. The van der Waals surface area contributed by atoms with Crippen LogP contribution >= 0.6 is 0 Å². The number of esters is 1. The molecule has 0 amide bonds. The molecule has 1 heterocycles. The molecule has 0 saturated heterocycles. The molecule has 0 aromatic rings. The van der Waals surface area contributed by atoms with E-state index in [1.807, 2.05) is 0 Å². The van der Waals surface area contributed by atoms with E-state index < -0.39 is 32.6 Å². The van der Waals surface area contributed by atoms with E-state index >= 15 is 0 Å². The number of rotatable bonds is 4. The van der Waals surface area contributed by atoms with Crippen molar-refractivity contribution in [1.29, 1.82) is 0 Å². The number of ether oxygens (including phenoxy) is 2. The molecule has 0 unspecified atom stereocenters. The van der Waals surface area contributed by atoms with Crippen molar-refractivity contribution < 1.29 is 23.8 Å². The Balaban J connectivity index is 2.70. The van der Waals surface area contributed by atoms with Gasteiger partial charge in [0.05, 0.1) is 12.4 Å². The fraction of sp³-hybridized carbons (Fsp3) is 0.786. The Hall–Kier alpha value is -0.853. The first-order valence-electron chi connectivity index (χ1n) is 6.86. The van der Waals surface area contributed by atoms with Crippen molar-refractivity contribution in [2.75, 3.05) is 6.61 Å². The lowest BCUT2D eigenvalue weighted by Crippen LogP contribution is -2.51. The summed E-state index contributed by atoms with van der Waals surface area (Å²) in [6.07, 6.45) is 1.38. The fourth-order valence-electron chi connectivity index (χ4n) is 1.59. The van der Waals surface area contributed by atoms with Gasteiger partial charge >= 0.3 is 5.97 Å². The highest BCUT2D eigenvalue weighted by atomic mass is 28.4. The van der Waals surface area contributed by atoms with Crippen molar-refractivity contribution >= 4 is 14.3 Å². The summed E-state index contributed by atoms with van der Waals surface area (Å²) in [6, 6.07) is 0. The van der Waals surface area contributed by atoms with E-state index in [4.69, 9.17) is 13.9 Å². The monoisotopic (exact) mass is 302 g/mol. The van der Waals surface area contributed by atoms with Crippen LogP contribution in [0.5, 0.6) is 0 Å². The highest BCUT2D eigenvalue weighted by Crippen LogP contribution is 2.38. The summed E-state index contributed by atoms with van der Waals surface area (Å²) in [6.45, 7) is 12.0. The Morgan fingerprint density at radius 2 is 2.00 bits per heavy atom. The van der Waals surface area contributed by atoms with Crippen LogP contribution in [0.2, 0.25) is 18.1 Å². The van der Waals surface area contributed by atoms with Gasteiger partial charge in [-0.15, -0.1) is 0 Å². The standard InChI is InChI=1S/C14H26O5Si/c1-10(15)18-9-12-13(16)11(7-8-17-12)19-20(5,6)14(2,3)4/h7-8,11-13,16H,9H2,1-6H3/t11-,12-,13+/m1/s1. The van der Waals surface area contributed by atoms with Crippen LogP contribution in [0, 0.1) is 0 Å². The van der Waals surface area contributed by atoms with E-state index in [-0.39, 0.29) is 11.6 Å². The predicted octanol–water partition coefficient (Wildman–Crippen LogP) is 2.21. The molecular formula is C14H26O5Si. The van der Waals surface area contributed by atoms with Crippen LogP contribution < -0.4 is 0 Å². The Bertz CT molecular complexity index is 372. The first kappa shape index (κ1) is 17.2. The molecule has 3 atom stereocenters. The maximum Gasteiger partial charge on any atom is 0.302 e. The third-order valence-electron chi connectivity index (χ3n) is 3.93. The van der Waals surface area contributed by atoms with E-state index in [1.165, 1.54) is 13.2 Å². The van der Waals surface area contributed by atoms with Crippen LogP contribution in [0.3, 0.4) is 0 Å². The number of hydrogen-bond donors (Lipinski definition) is 1. The Kier molecular flexibility index (Phi) is 5.40. The van der Waals surface area contributed by atoms with Crippen LogP contribution in [-0.2, 0) is 18.7 Å². The molecule has 1 rings (SSSR count). The maximum atomic E-state index is 10.8. The zero-order valence-corrected chi connectivity index (χ0v) is 14.2. The SMILES string of the molecule is CC(=O)OC[C@H]1OC=C[C@@H](O[Si](C)(C)C(C)(C)C)[C@@H]1O. The van der Waals surface area contributed by atoms with Gasteiger partial charge in [-0.25, -0.2) is 0 Å². The Morgan fingerprint density at radius 3 is 2.50 bits per heavy atom. The summed E-state index contributed by atoms with van der Waals surface area (Å²) in [5.41, 5.74) is 0. The molecule has 0 spiro atoms. The van der Waals surface area contributed by atoms with Crippen LogP contribution in [0.15, 0.2) is 12.3 Å². The molecule has 6 heteroatoms. The molecule has 0 bridgehead atoms. The van der Waals surface area contributed by atoms with Gasteiger partial charge < -0.3 is 19.0 Å². The van der Waals surface area contributed by atoms with Gasteiger partial charge in [0.15, 0.2) is 14.4 Å². The molecule has 0 aromatic carbocycles. The van der Waals surface area contributed by atoms with Gasteiger partial charge in [-0.2, -0.15) is 0 Å². The Labute approximate surface area is 122 Å². The first-order chi connectivity index (χ1) is 9.04. The third kappa shape index (κ3) is 4.33. The minimum absolute atomic E-state index is 0.0260. The second-order valence-corrected chi connectivity index (χ2v) is 11.4. The number of carbonyl (C=O) groups is 1. The Morgan fingerprint density at radius 1 is 1.40 bits per heavy atom. The van der Waals surface area contributed by atoms with Gasteiger partial charge in [0.1, 0.15) is 12.7 Å². The quantitative estimate of drug-likeness (QED) is 0.637. The van der Waals surface area contributed by atoms with Gasteiger partial charge in [0.25, 0.3) is 0 Å². The third-order valence-corrected chi connectivity index (χ3v) is 8.40. The van der Waals surface area contributed by atoms with Gasteiger partial charge in [0.2, 0.25) is 0 Å². The normalized spacial score (nSPS) is 27.1. The molecule has 0 aromatic heterocycles. The van der Waals surface area contributed by atoms with E-state index in [0.717, 1.165) is 0 Å². The topological polar surface area (TPSA) is 65.0 Å². The molecular weight excluding hydrogens is 276 g/mol. The van der Waals surface area contributed by atoms with Gasteiger partial charge in [-0.3, -0.25) is 4.79 Å².